The predicted molar refractivity (Wildman–Crippen MR) is 110 cm³/mol. The van der Waals surface area contributed by atoms with Gasteiger partial charge in [-0.25, -0.2) is 4.79 Å². The Morgan fingerprint density at radius 2 is 2.00 bits per heavy atom. The molecule has 0 aliphatic carbocycles. The molecule has 5 nitrogen and oxygen atoms in total. The minimum absolute atomic E-state index is 0.322. The molecule has 0 spiro atoms. The number of aromatic nitrogens is 1. The van der Waals surface area contributed by atoms with E-state index in [1.165, 1.54) is 12.7 Å². The van der Waals surface area contributed by atoms with Gasteiger partial charge in [0.2, 0.25) is 0 Å². The van der Waals surface area contributed by atoms with E-state index < -0.39 is 0 Å². The third-order valence-corrected chi connectivity index (χ3v) is 5.20. The molecule has 1 aliphatic heterocycles. The lowest BCUT2D eigenvalue weighted by Gasteiger charge is -2.26. The molecule has 0 radical (unpaired) electrons. The van der Waals surface area contributed by atoms with Crippen LogP contribution < -0.4 is 9.47 Å². The summed E-state index contributed by atoms with van der Waals surface area (Å²) in [5.74, 6) is 2.46. The Morgan fingerprint density at radius 1 is 1.14 bits per heavy atom. The maximum absolute atomic E-state index is 12.0. The van der Waals surface area contributed by atoms with E-state index >= 15 is 0 Å². The lowest BCUT2D eigenvalue weighted by Crippen LogP contribution is -2.15. The number of hydrogen-bond acceptors (Lipinski definition) is 5. The first-order valence-electron chi connectivity index (χ1n) is 9.75. The highest BCUT2D eigenvalue weighted by Gasteiger charge is 2.23. The van der Waals surface area contributed by atoms with E-state index in [1.807, 2.05) is 42.5 Å². The molecule has 2 heterocycles. The molecule has 29 heavy (non-hydrogen) atoms. The van der Waals surface area contributed by atoms with Gasteiger partial charge in [-0.05, 0) is 60.6 Å². The van der Waals surface area contributed by atoms with Gasteiger partial charge in [0, 0.05) is 18.5 Å². The first-order chi connectivity index (χ1) is 14.2. The second kappa shape index (κ2) is 8.78. The maximum Gasteiger partial charge on any atom is 0.338 e. The summed E-state index contributed by atoms with van der Waals surface area (Å²) >= 11 is 0. The summed E-state index contributed by atoms with van der Waals surface area (Å²) in [6.07, 6.45) is 5.98. The van der Waals surface area contributed by atoms with Crippen molar-refractivity contribution in [2.45, 2.75) is 25.2 Å². The van der Waals surface area contributed by atoms with Crippen molar-refractivity contribution >= 4 is 5.97 Å². The van der Waals surface area contributed by atoms with Gasteiger partial charge >= 0.3 is 5.97 Å². The van der Waals surface area contributed by atoms with E-state index in [0.717, 1.165) is 42.1 Å². The van der Waals surface area contributed by atoms with Crippen LogP contribution in [0.3, 0.4) is 0 Å². The topological polar surface area (TPSA) is 57.7 Å². The van der Waals surface area contributed by atoms with Crippen molar-refractivity contribution in [3.63, 3.8) is 0 Å². The monoisotopic (exact) mass is 389 g/mol. The number of para-hydroxylation sites is 1. The standard InChI is InChI=1S/C24H23NO4/c1-27-24(26)22-11-13-25-16-18(22)8-7-17-12-14-28-23-15-20(9-10-21(17)23)29-19-5-3-2-4-6-19/h2-6,9-11,13,15-17H,7-8,12,14H2,1H3. The molecule has 0 amide bonds. The fourth-order valence-electron chi connectivity index (χ4n) is 3.70. The lowest BCUT2D eigenvalue weighted by atomic mass is 9.87. The molecular weight excluding hydrogens is 366 g/mol. The molecule has 1 unspecified atom stereocenters. The molecule has 1 aliphatic rings. The van der Waals surface area contributed by atoms with E-state index in [9.17, 15) is 4.79 Å². The Hall–Kier alpha value is -3.34. The highest BCUT2D eigenvalue weighted by atomic mass is 16.5. The number of esters is 1. The van der Waals surface area contributed by atoms with Crippen LogP contribution in [0.25, 0.3) is 0 Å². The average molecular weight is 389 g/mol. The van der Waals surface area contributed by atoms with Crippen molar-refractivity contribution < 1.29 is 19.0 Å². The molecule has 3 aromatic rings. The van der Waals surface area contributed by atoms with Crippen LogP contribution in [0.1, 0.15) is 40.2 Å². The van der Waals surface area contributed by atoms with Gasteiger partial charge < -0.3 is 14.2 Å². The fourth-order valence-corrected chi connectivity index (χ4v) is 3.70. The Balaban J connectivity index is 1.48. The molecular formula is C24H23NO4. The number of nitrogens with zero attached hydrogens (tertiary/aromatic N) is 1. The van der Waals surface area contributed by atoms with Crippen LogP contribution in [-0.4, -0.2) is 24.7 Å². The molecule has 0 N–H and O–H groups in total. The van der Waals surface area contributed by atoms with Gasteiger partial charge in [-0.2, -0.15) is 0 Å². The van der Waals surface area contributed by atoms with Crippen LogP contribution in [0, 0.1) is 0 Å². The molecule has 0 bridgehead atoms. The van der Waals surface area contributed by atoms with Crippen LogP contribution in [0.4, 0.5) is 0 Å². The van der Waals surface area contributed by atoms with Crippen molar-refractivity contribution in [1.29, 1.82) is 0 Å². The van der Waals surface area contributed by atoms with Crippen molar-refractivity contribution in [2.75, 3.05) is 13.7 Å². The number of pyridine rings is 1. The van der Waals surface area contributed by atoms with Gasteiger partial charge in [-0.3, -0.25) is 4.98 Å². The van der Waals surface area contributed by atoms with Crippen molar-refractivity contribution in [2.24, 2.45) is 0 Å². The molecule has 5 heteroatoms. The number of hydrogen-bond donors (Lipinski definition) is 0. The Morgan fingerprint density at radius 3 is 2.83 bits per heavy atom. The third-order valence-electron chi connectivity index (χ3n) is 5.20. The van der Waals surface area contributed by atoms with Gasteiger partial charge in [-0.1, -0.05) is 24.3 Å². The van der Waals surface area contributed by atoms with E-state index in [2.05, 4.69) is 11.1 Å². The smallest absolute Gasteiger partial charge is 0.338 e. The normalized spacial score (nSPS) is 15.1. The first kappa shape index (κ1) is 19.0. The van der Waals surface area contributed by atoms with E-state index in [-0.39, 0.29) is 5.97 Å². The quantitative estimate of drug-likeness (QED) is 0.545. The number of aryl methyl sites for hydroxylation is 1. The summed E-state index contributed by atoms with van der Waals surface area (Å²) in [7, 11) is 1.40. The highest BCUT2D eigenvalue weighted by Crippen LogP contribution is 2.39. The molecule has 148 valence electrons. The van der Waals surface area contributed by atoms with Crippen molar-refractivity contribution in [3.05, 3.63) is 83.7 Å². The molecule has 1 aromatic heterocycles. The van der Waals surface area contributed by atoms with Gasteiger partial charge in [-0.15, -0.1) is 0 Å². The zero-order valence-electron chi connectivity index (χ0n) is 16.3. The second-order valence-electron chi connectivity index (χ2n) is 7.01. The summed E-state index contributed by atoms with van der Waals surface area (Å²) in [5, 5.41) is 0. The largest absolute Gasteiger partial charge is 0.493 e. The SMILES string of the molecule is COC(=O)c1ccncc1CCC1CCOc2cc(Oc3ccccc3)ccc21. The molecule has 0 saturated heterocycles. The Bertz CT molecular complexity index is 987. The van der Waals surface area contributed by atoms with Crippen LogP contribution in [0.15, 0.2) is 67.0 Å². The Labute approximate surface area is 170 Å². The first-order valence-corrected chi connectivity index (χ1v) is 9.75. The zero-order chi connectivity index (χ0) is 20.1. The minimum atomic E-state index is -0.322. The third kappa shape index (κ3) is 4.40. The van der Waals surface area contributed by atoms with Gasteiger partial charge in [0.05, 0.1) is 19.3 Å². The second-order valence-corrected chi connectivity index (χ2v) is 7.01. The van der Waals surface area contributed by atoms with Gasteiger partial charge in [0.25, 0.3) is 0 Å². The van der Waals surface area contributed by atoms with Crippen molar-refractivity contribution in [1.82, 2.24) is 4.98 Å². The number of ether oxygens (including phenoxy) is 3. The summed E-state index contributed by atoms with van der Waals surface area (Å²) in [6.45, 7) is 0.670. The highest BCUT2D eigenvalue weighted by molar-refractivity contribution is 5.90. The number of methoxy groups -OCH3 is 1. The maximum atomic E-state index is 12.0. The fraction of sp³-hybridized carbons (Fsp3) is 0.250. The van der Waals surface area contributed by atoms with Gasteiger partial charge in [0.1, 0.15) is 17.2 Å². The van der Waals surface area contributed by atoms with Crippen LogP contribution in [0.2, 0.25) is 0 Å². The number of benzene rings is 2. The van der Waals surface area contributed by atoms with E-state index in [1.54, 1.807) is 18.5 Å². The molecule has 2 aromatic carbocycles. The van der Waals surface area contributed by atoms with Crippen LogP contribution in [-0.2, 0) is 11.2 Å². The molecule has 1 atom stereocenters. The van der Waals surface area contributed by atoms with Crippen molar-refractivity contribution in [3.8, 4) is 17.2 Å². The van der Waals surface area contributed by atoms with Gasteiger partial charge in [0.15, 0.2) is 0 Å². The minimum Gasteiger partial charge on any atom is -0.493 e. The summed E-state index contributed by atoms with van der Waals surface area (Å²) in [6, 6.07) is 17.4. The van der Waals surface area contributed by atoms with Crippen LogP contribution >= 0.6 is 0 Å². The predicted octanol–water partition coefficient (Wildman–Crippen LogP) is 5.16. The number of rotatable bonds is 6. The molecule has 0 saturated carbocycles. The van der Waals surface area contributed by atoms with Crippen LogP contribution in [0.5, 0.6) is 17.2 Å². The number of carbonyl (C=O) groups excluding carboxylic acids is 1. The molecule has 0 fully saturated rings. The van der Waals surface area contributed by atoms with E-state index in [4.69, 9.17) is 14.2 Å². The molecule has 4 rings (SSSR count). The number of carbonyl (C=O) groups is 1. The van der Waals surface area contributed by atoms with E-state index in [0.29, 0.717) is 18.1 Å². The zero-order valence-corrected chi connectivity index (χ0v) is 16.3. The lowest BCUT2D eigenvalue weighted by molar-refractivity contribution is 0.0599. The summed E-state index contributed by atoms with van der Waals surface area (Å²) in [4.78, 5) is 16.2. The Kier molecular flexibility index (Phi) is 5.75. The summed E-state index contributed by atoms with van der Waals surface area (Å²) in [5.41, 5.74) is 2.68. The number of fused-ring (bicyclic) bond motifs is 1. The average Bonchev–Trinajstić information content (AvgIpc) is 2.78. The summed E-state index contributed by atoms with van der Waals surface area (Å²) < 4.78 is 16.7.